The van der Waals surface area contributed by atoms with Gasteiger partial charge in [0.15, 0.2) is 0 Å². The van der Waals surface area contributed by atoms with Gasteiger partial charge >= 0.3 is 0 Å². The van der Waals surface area contributed by atoms with Gasteiger partial charge in [-0.05, 0) is 62.4 Å². The van der Waals surface area contributed by atoms with E-state index in [0.717, 1.165) is 24.2 Å². The average Bonchev–Trinajstić information content (AvgIpc) is 2.31. The number of aryl methyl sites for hydroxylation is 2. The fourth-order valence-electron chi connectivity index (χ4n) is 1.72. The molecule has 2 aromatic rings. The minimum atomic E-state index is 0.194. The normalized spacial score (nSPS) is 13.9. The van der Waals surface area contributed by atoms with Crippen molar-refractivity contribution in [3.05, 3.63) is 39.2 Å². The average molecular weight is 362 g/mol. The molecule has 0 saturated heterocycles. The number of hydrogen-bond acceptors (Lipinski definition) is 5. The number of halogens is 3. The van der Waals surface area contributed by atoms with E-state index in [1.54, 1.807) is 13.0 Å². The number of aromatic nitrogens is 4. The number of ether oxygens (including phenoxy) is 1. The fraction of sp³-hybridized carbons (Fsp3) is 0.429. The van der Waals surface area contributed by atoms with Crippen LogP contribution < -0.4 is 4.74 Å². The molecule has 3 rings (SSSR count). The molecule has 0 unspecified atom stereocenters. The summed E-state index contributed by atoms with van der Waals surface area (Å²) in [6, 6.07) is 3.46. The largest absolute Gasteiger partial charge is 0.474 e. The monoisotopic (exact) mass is 360 g/mol. The molecule has 0 radical (unpaired) electrons. The highest BCUT2D eigenvalue weighted by Crippen LogP contribution is 2.24. The zero-order valence-electron chi connectivity index (χ0n) is 12.2. The lowest BCUT2D eigenvalue weighted by Crippen LogP contribution is -2.25. The summed E-state index contributed by atoms with van der Waals surface area (Å²) in [6.45, 7) is 3.68. The van der Waals surface area contributed by atoms with Gasteiger partial charge in [0.2, 0.25) is 16.4 Å². The van der Waals surface area contributed by atoms with Gasteiger partial charge in [0, 0.05) is 17.5 Å². The lowest BCUT2D eigenvalue weighted by molar-refractivity contribution is 0.114. The Bertz CT molecular complexity index is 579. The van der Waals surface area contributed by atoms with Gasteiger partial charge in [0.1, 0.15) is 11.3 Å². The van der Waals surface area contributed by atoms with E-state index in [-0.39, 0.29) is 10.6 Å². The van der Waals surface area contributed by atoms with E-state index in [1.165, 1.54) is 6.42 Å². The zero-order chi connectivity index (χ0) is 16.1. The van der Waals surface area contributed by atoms with Crippen LogP contribution in [0.15, 0.2) is 12.1 Å². The molecule has 118 valence electrons. The Morgan fingerprint density at radius 3 is 1.95 bits per heavy atom. The van der Waals surface area contributed by atoms with Crippen LogP contribution in [0.5, 0.6) is 5.88 Å². The molecular formula is C14H15Cl3N4O. The van der Waals surface area contributed by atoms with E-state index >= 15 is 0 Å². The summed E-state index contributed by atoms with van der Waals surface area (Å²) in [6.07, 6.45) is 3.84. The van der Waals surface area contributed by atoms with Gasteiger partial charge < -0.3 is 4.74 Å². The third-order valence-corrected chi connectivity index (χ3v) is 3.47. The summed E-state index contributed by atoms with van der Waals surface area (Å²) in [7, 11) is 0. The van der Waals surface area contributed by atoms with Gasteiger partial charge in [0.05, 0.1) is 0 Å². The van der Waals surface area contributed by atoms with Crippen LogP contribution in [0.25, 0.3) is 0 Å². The molecule has 1 aliphatic rings. The van der Waals surface area contributed by atoms with Crippen LogP contribution in [0, 0.1) is 13.8 Å². The quantitative estimate of drug-likeness (QED) is 0.583. The Labute approximate surface area is 144 Å². The predicted molar refractivity (Wildman–Crippen MR) is 86.8 cm³/mol. The van der Waals surface area contributed by atoms with Crippen molar-refractivity contribution >= 4 is 34.8 Å². The molecule has 0 aliphatic heterocycles. The molecule has 2 aromatic heterocycles. The predicted octanol–water partition coefficient (Wildman–Crippen LogP) is 4.46. The van der Waals surface area contributed by atoms with Crippen LogP contribution in [0.1, 0.15) is 30.7 Å². The van der Waals surface area contributed by atoms with Gasteiger partial charge in [-0.3, -0.25) is 0 Å². The van der Waals surface area contributed by atoms with Gasteiger partial charge in [-0.15, -0.1) is 0 Å². The highest BCUT2D eigenvalue weighted by Gasteiger charge is 2.19. The smallest absolute Gasteiger partial charge is 0.225 e. The molecule has 1 aliphatic carbocycles. The molecule has 22 heavy (non-hydrogen) atoms. The molecule has 8 heteroatoms. The molecule has 0 N–H and O–H groups in total. The fourth-order valence-corrected chi connectivity index (χ4v) is 2.44. The number of nitrogens with zero attached hydrogens (tertiary/aromatic N) is 4. The van der Waals surface area contributed by atoms with Crippen molar-refractivity contribution in [3.63, 3.8) is 0 Å². The van der Waals surface area contributed by atoms with E-state index in [0.29, 0.717) is 17.1 Å². The lowest BCUT2D eigenvalue weighted by atomic mass is 9.96. The van der Waals surface area contributed by atoms with Crippen LogP contribution in [0.4, 0.5) is 0 Å². The van der Waals surface area contributed by atoms with Gasteiger partial charge in [0.25, 0.3) is 0 Å². The maximum absolute atomic E-state index is 5.69. The maximum Gasteiger partial charge on any atom is 0.225 e. The summed E-state index contributed by atoms with van der Waals surface area (Å²) >= 11 is 16.7. The van der Waals surface area contributed by atoms with Crippen LogP contribution >= 0.6 is 34.8 Å². The number of hydrogen-bond donors (Lipinski definition) is 0. The Balaban J connectivity index is 0.000000172. The van der Waals surface area contributed by atoms with Gasteiger partial charge in [-0.25, -0.2) is 15.0 Å². The first kappa shape index (κ1) is 17.2. The molecular weight excluding hydrogens is 347 g/mol. The zero-order valence-corrected chi connectivity index (χ0v) is 14.5. The molecule has 0 bridgehead atoms. The second kappa shape index (κ2) is 7.90. The summed E-state index contributed by atoms with van der Waals surface area (Å²) in [5.41, 5.74) is 1.62. The summed E-state index contributed by atoms with van der Waals surface area (Å²) in [5.74, 6) is 0.599. The van der Waals surface area contributed by atoms with Crippen LogP contribution in [-0.2, 0) is 0 Å². The molecule has 0 amide bonds. The van der Waals surface area contributed by atoms with Crippen LogP contribution in [0.3, 0.4) is 0 Å². The SMILES string of the molecule is Cc1cc(Cl)nc(Cl)n1.Cc1cc(OC2CCC2)nc(Cl)n1. The molecule has 5 nitrogen and oxygen atoms in total. The second-order valence-electron chi connectivity index (χ2n) is 4.89. The first-order valence-corrected chi connectivity index (χ1v) is 7.90. The topological polar surface area (TPSA) is 60.8 Å². The highest BCUT2D eigenvalue weighted by molar-refractivity contribution is 6.31. The Hall–Kier alpha value is -1.17. The van der Waals surface area contributed by atoms with Crippen LogP contribution in [0.2, 0.25) is 15.7 Å². The van der Waals surface area contributed by atoms with Crippen molar-refractivity contribution in [1.29, 1.82) is 0 Å². The van der Waals surface area contributed by atoms with Crippen molar-refractivity contribution < 1.29 is 4.74 Å². The Morgan fingerprint density at radius 2 is 1.50 bits per heavy atom. The maximum atomic E-state index is 5.69. The Morgan fingerprint density at radius 1 is 0.909 bits per heavy atom. The molecule has 1 fully saturated rings. The van der Waals surface area contributed by atoms with Crippen molar-refractivity contribution in [3.8, 4) is 5.88 Å². The summed E-state index contributed by atoms with van der Waals surface area (Å²) in [5, 5.41) is 0.835. The summed E-state index contributed by atoms with van der Waals surface area (Å²) in [4.78, 5) is 15.4. The third-order valence-electron chi connectivity index (χ3n) is 2.94. The van der Waals surface area contributed by atoms with Crippen molar-refractivity contribution in [1.82, 2.24) is 19.9 Å². The first-order chi connectivity index (χ1) is 10.4. The van der Waals surface area contributed by atoms with E-state index in [4.69, 9.17) is 39.5 Å². The number of rotatable bonds is 2. The molecule has 0 aromatic carbocycles. The van der Waals surface area contributed by atoms with Crippen molar-refractivity contribution in [2.24, 2.45) is 0 Å². The first-order valence-electron chi connectivity index (χ1n) is 6.77. The second-order valence-corrected chi connectivity index (χ2v) is 5.95. The van der Waals surface area contributed by atoms with Gasteiger partial charge in [-0.2, -0.15) is 4.98 Å². The molecule has 1 saturated carbocycles. The van der Waals surface area contributed by atoms with Crippen molar-refractivity contribution in [2.75, 3.05) is 0 Å². The minimum absolute atomic E-state index is 0.194. The highest BCUT2D eigenvalue weighted by atomic mass is 35.5. The molecule has 0 atom stereocenters. The minimum Gasteiger partial charge on any atom is -0.474 e. The van der Waals surface area contributed by atoms with E-state index in [1.807, 2.05) is 13.0 Å². The van der Waals surface area contributed by atoms with Crippen molar-refractivity contribution in [2.45, 2.75) is 39.2 Å². The summed E-state index contributed by atoms with van der Waals surface area (Å²) < 4.78 is 5.58. The van der Waals surface area contributed by atoms with Gasteiger partial charge in [-0.1, -0.05) is 11.6 Å². The Kier molecular flexibility index (Phi) is 6.17. The lowest BCUT2D eigenvalue weighted by Gasteiger charge is -2.25. The van der Waals surface area contributed by atoms with Crippen LogP contribution in [-0.4, -0.2) is 26.0 Å². The van der Waals surface area contributed by atoms with E-state index < -0.39 is 0 Å². The van der Waals surface area contributed by atoms with E-state index in [9.17, 15) is 0 Å². The molecule has 2 heterocycles. The third kappa shape index (κ3) is 5.55. The standard InChI is InChI=1S/C9H11ClN2O.C5H4Cl2N2/c1-6-5-8(12-9(10)11-6)13-7-3-2-4-7;1-3-2-4(6)9-5(7)8-3/h5,7H,2-4H2,1H3;2H,1H3. The molecule has 0 spiro atoms. The van der Waals surface area contributed by atoms with E-state index in [2.05, 4.69) is 19.9 Å².